The van der Waals surface area contributed by atoms with Crippen LogP contribution in [-0.4, -0.2) is 36.9 Å². The lowest BCUT2D eigenvalue weighted by Gasteiger charge is -2.19. The van der Waals surface area contributed by atoms with Crippen molar-refractivity contribution < 1.29 is 8.42 Å². The van der Waals surface area contributed by atoms with Gasteiger partial charge in [0.05, 0.1) is 5.25 Å². The zero-order valence-corrected chi connectivity index (χ0v) is 8.90. The van der Waals surface area contributed by atoms with E-state index in [1.807, 2.05) is 0 Å². The molecule has 1 aliphatic carbocycles. The van der Waals surface area contributed by atoms with E-state index in [0.717, 1.165) is 12.8 Å². The van der Waals surface area contributed by atoms with Crippen molar-refractivity contribution >= 4 is 21.6 Å². The lowest BCUT2D eigenvalue weighted by molar-refractivity contribution is 0.457. The van der Waals surface area contributed by atoms with Crippen molar-refractivity contribution in [3.8, 4) is 0 Å². The maximum atomic E-state index is 11.6. The average molecular weight is 212 g/mol. The van der Waals surface area contributed by atoms with Crippen LogP contribution in [0.3, 0.4) is 0 Å². The van der Waals surface area contributed by atoms with Crippen LogP contribution in [0.15, 0.2) is 0 Å². The summed E-state index contributed by atoms with van der Waals surface area (Å²) in [7, 11) is -1.49. The maximum absolute atomic E-state index is 11.6. The van der Waals surface area contributed by atoms with Crippen LogP contribution in [0.1, 0.15) is 19.8 Å². The van der Waals surface area contributed by atoms with Gasteiger partial charge < -0.3 is 0 Å². The molecule has 0 spiro atoms. The third-order valence-corrected chi connectivity index (χ3v) is 5.12. The predicted molar refractivity (Wildman–Crippen MR) is 49.9 cm³/mol. The highest BCUT2D eigenvalue weighted by Crippen LogP contribution is 2.29. The minimum absolute atomic E-state index is 0.166. The largest absolute Gasteiger partial charge is 0.217 e. The fraction of sp³-hybridized carbons (Fsp3) is 1.00. The Morgan fingerprint density at radius 1 is 1.58 bits per heavy atom. The minimum Gasteiger partial charge on any atom is -0.212 e. The number of halogens is 1. The molecule has 3 nitrogen and oxygen atoms in total. The molecule has 1 saturated carbocycles. The van der Waals surface area contributed by atoms with Crippen LogP contribution in [0.4, 0.5) is 0 Å². The van der Waals surface area contributed by atoms with Gasteiger partial charge in [0.15, 0.2) is 0 Å². The summed E-state index contributed by atoms with van der Waals surface area (Å²) in [4.78, 5) is 0. The Kier molecular flexibility index (Phi) is 3.01. The van der Waals surface area contributed by atoms with Gasteiger partial charge in [-0.05, 0) is 19.8 Å². The Labute approximate surface area is 78.7 Å². The van der Waals surface area contributed by atoms with Gasteiger partial charge in [-0.25, -0.2) is 12.7 Å². The summed E-state index contributed by atoms with van der Waals surface area (Å²) >= 11 is 5.50. The number of hydrogen-bond donors (Lipinski definition) is 0. The second kappa shape index (κ2) is 3.52. The summed E-state index contributed by atoms with van der Waals surface area (Å²) in [6.07, 6.45) is 1.98. The second-order valence-corrected chi connectivity index (χ2v) is 5.98. The normalized spacial score (nSPS) is 21.3. The Bertz CT molecular complexity index is 248. The monoisotopic (exact) mass is 211 g/mol. The summed E-state index contributed by atoms with van der Waals surface area (Å²) in [5, 5.41) is -0.468. The summed E-state index contributed by atoms with van der Waals surface area (Å²) in [6, 6.07) is 0.237. The van der Waals surface area contributed by atoms with Gasteiger partial charge in [0, 0.05) is 19.0 Å². The highest BCUT2D eigenvalue weighted by Gasteiger charge is 2.36. The molecule has 0 heterocycles. The summed E-state index contributed by atoms with van der Waals surface area (Å²) < 4.78 is 24.6. The first-order valence-corrected chi connectivity index (χ1v) is 6.06. The SMILES string of the molecule is CC(CCl)S(=O)(=O)N(C)C1CC1. The molecule has 0 amide bonds. The Morgan fingerprint density at radius 3 is 2.42 bits per heavy atom. The van der Waals surface area contributed by atoms with Crippen LogP contribution in [0.5, 0.6) is 0 Å². The third-order valence-electron chi connectivity index (χ3n) is 2.19. The molecule has 1 rings (SSSR count). The van der Waals surface area contributed by atoms with Crippen LogP contribution in [0, 0.1) is 0 Å². The predicted octanol–water partition coefficient (Wildman–Crippen LogP) is 1.04. The summed E-state index contributed by atoms with van der Waals surface area (Å²) in [5.41, 5.74) is 0. The lowest BCUT2D eigenvalue weighted by atomic mass is 10.6. The average Bonchev–Trinajstić information content (AvgIpc) is 2.83. The Balaban J connectivity index is 2.69. The van der Waals surface area contributed by atoms with Gasteiger partial charge in [-0.15, -0.1) is 11.6 Å². The zero-order chi connectivity index (χ0) is 9.35. The van der Waals surface area contributed by atoms with Crippen molar-refractivity contribution in [2.75, 3.05) is 12.9 Å². The first kappa shape index (κ1) is 10.3. The fourth-order valence-corrected chi connectivity index (χ4v) is 2.84. The Morgan fingerprint density at radius 2 is 2.08 bits per heavy atom. The molecule has 1 fully saturated rings. The van der Waals surface area contributed by atoms with Gasteiger partial charge in [-0.3, -0.25) is 0 Å². The van der Waals surface area contributed by atoms with Gasteiger partial charge in [0.2, 0.25) is 10.0 Å². The zero-order valence-electron chi connectivity index (χ0n) is 7.33. The van der Waals surface area contributed by atoms with E-state index in [-0.39, 0.29) is 11.9 Å². The van der Waals surface area contributed by atoms with E-state index in [0.29, 0.717) is 0 Å². The number of alkyl halides is 1. The van der Waals surface area contributed by atoms with Crippen LogP contribution in [0.2, 0.25) is 0 Å². The van der Waals surface area contributed by atoms with Crippen LogP contribution < -0.4 is 0 Å². The number of sulfonamides is 1. The molecule has 0 aromatic rings. The molecule has 1 aliphatic rings. The van der Waals surface area contributed by atoms with Gasteiger partial charge in [0.1, 0.15) is 0 Å². The molecule has 0 aliphatic heterocycles. The molecule has 0 N–H and O–H groups in total. The van der Waals surface area contributed by atoms with Gasteiger partial charge in [0.25, 0.3) is 0 Å². The van der Waals surface area contributed by atoms with Crippen LogP contribution in [0.25, 0.3) is 0 Å². The molecular weight excluding hydrogens is 198 g/mol. The number of nitrogens with zero attached hydrogens (tertiary/aromatic N) is 1. The van der Waals surface area contributed by atoms with Crippen LogP contribution >= 0.6 is 11.6 Å². The highest BCUT2D eigenvalue weighted by molar-refractivity contribution is 7.89. The van der Waals surface area contributed by atoms with Crippen LogP contribution in [-0.2, 0) is 10.0 Å². The molecule has 12 heavy (non-hydrogen) atoms. The molecule has 1 atom stereocenters. The minimum atomic E-state index is -3.12. The molecule has 1 unspecified atom stereocenters. The van der Waals surface area contributed by atoms with E-state index in [2.05, 4.69) is 0 Å². The molecule has 72 valence electrons. The van der Waals surface area contributed by atoms with Crippen molar-refractivity contribution in [1.29, 1.82) is 0 Å². The molecular formula is C7H14ClNO2S. The molecule has 5 heteroatoms. The smallest absolute Gasteiger partial charge is 0.212 e. The lowest BCUT2D eigenvalue weighted by Crippen LogP contribution is -2.36. The number of rotatable bonds is 4. The first-order chi connectivity index (χ1) is 5.50. The van der Waals surface area contributed by atoms with E-state index in [9.17, 15) is 8.42 Å². The highest BCUT2D eigenvalue weighted by atomic mass is 35.5. The second-order valence-electron chi connectivity index (χ2n) is 3.26. The van der Waals surface area contributed by atoms with Crippen molar-refractivity contribution in [1.82, 2.24) is 4.31 Å². The van der Waals surface area contributed by atoms with Crippen molar-refractivity contribution in [3.05, 3.63) is 0 Å². The maximum Gasteiger partial charge on any atom is 0.217 e. The van der Waals surface area contributed by atoms with E-state index in [1.165, 1.54) is 4.31 Å². The van der Waals surface area contributed by atoms with Crippen molar-refractivity contribution in [2.45, 2.75) is 31.1 Å². The third kappa shape index (κ3) is 1.92. The first-order valence-electron chi connectivity index (χ1n) is 4.03. The summed E-state index contributed by atoms with van der Waals surface area (Å²) in [5.74, 6) is 0.166. The summed E-state index contributed by atoms with van der Waals surface area (Å²) in [6.45, 7) is 1.64. The quantitative estimate of drug-likeness (QED) is 0.652. The van der Waals surface area contributed by atoms with E-state index in [1.54, 1.807) is 14.0 Å². The van der Waals surface area contributed by atoms with E-state index < -0.39 is 15.3 Å². The number of hydrogen-bond acceptors (Lipinski definition) is 2. The molecule has 0 saturated heterocycles. The van der Waals surface area contributed by atoms with Crippen molar-refractivity contribution in [2.24, 2.45) is 0 Å². The fourth-order valence-electron chi connectivity index (χ4n) is 1.01. The molecule has 0 radical (unpaired) electrons. The van der Waals surface area contributed by atoms with Gasteiger partial charge >= 0.3 is 0 Å². The van der Waals surface area contributed by atoms with Gasteiger partial charge in [-0.1, -0.05) is 0 Å². The molecule has 0 aromatic heterocycles. The standard InChI is InChI=1S/C7H14ClNO2S/c1-6(5-8)12(10,11)9(2)7-3-4-7/h6-7H,3-5H2,1-2H3. The molecule has 0 bridgehead atoms. The van der Waals surface area contributed by atoms with Crippen molar-refractivity contribution in [3.63, 3.8) is 0 Å². The Hall–Kier alpha value is 0.200. The molecule has 0 aromatic carbocycles. The van der Waals surface area contributed by atoms with Gasteiger partial charge in [-0.2, -0.15) is 0 Å². The van der Waals surface area contributed by atoms with E-state index >= 15 is 0 Å². The van der Waals surface area contributed by atoms with E-state index in [4.69, 9.17) is 11.6 Å². The topological polar surface area (TPSA) is 37.4 Å².